The number of para-hydroxylation sites is 1. The van der Waals surface area contributed by atoms with Gasteiger partial charge >= 0.3 is 0 Å². The molecule has 0 spiro atoms. The van der Waals surface area contributed by atoms with Gasteiger partial charge in [0.25, 0.3) is 15.9 Å². The number of likely N-dealkylation sites (tertiary alicyclic amines) is 1. The molecule has 0 atom stereocenters. The highest BCUT2D eigenvalue weighted by Crippen LogP contribution is 2.26. The van der Waals surface area contributed by atoms with Gasteiger partial charge in [0.05, 0.1) is 23.8 Å². The van der Waals surface area contributed by atoms with E-state index in [1.165, 1.54) is 10.4 Å². The first-order valence-electron chi connectivity index (χ1n) is 12.3. The van der Waals surface area contributed by atoms with Crippen molar-refractivity contribution in [3.05, 3.63) is 60.2 Å². The van der Waals surface area contributed by atoms with E-state index in [-0.39, 0.29) is 10.8 Å². The van der Waals surface area contributed by atoms with Gasteiger partial charge in [0.15, 0.2) is 0 Å². The van der Waals surface area contributed by atoms with Crippen LogP contribution >= 0.6 is 0 Å². The van der Waals surface area contributed by atoms with Gasteiger partial charge < -0.3 is 9.64 Å². The first-order valence-corrected chi connectivity index (χ1v) is 13.7. The summed E-state index contributed by atoms with van der Waals surface area (Å²) >= 11 is 0. The molecule has 2 aromatic rings. The maximum atomic E-state index is 13.3. The van der Waals surface area contributed by atoms with Gasteiger partial charge in [0.2, 0.25) is 0 Å². The number of anilines is 1. The molecule has 2 aliphatic heterocycles. The quantitative estimate of drug-likeness (QED) is 0.573. The van der Waals surface area contributed by atoms with Crippen molar-refractivity contribution >= 4 is 21.6 Å². The van der Waals surface area contributed by atoms with Crippen molar-refractivity contribution in [2.75, 3.05) is 56.8 Å². The van der Waals surface area contributed by atoms with Crippen LogP contribution in [0.3, 0.4) is 0 Å². The van der Waals surface area contributed by atoms with E-state index in [1.54, 1.807) is 30.3 Å². The fraction of sp³-hybridized carbons (Fsp3) is 0.500. The average Bonchev–Trinajstić information content (AvgIpc) is 2.89. The predicted octanol–water partition coefficient (Wildman–Crippen LogP) is 3.48. The van der Waals surface area contributed by atoms with Gasteiger partial charge in [0.1, 0.15) is 0 Å². The molecule has 2 saturated heterocycles. The zero-order chi connectivity index (χ0) is 24.0. The summed E-state index contributed by atoms with van der Waals surface area (Å²) in [6, 6.07) is 15.5. The second-order valence-electron chi connectivity index (χ2n) is 9.01. The Hall–Kier alpha value is -2.42. The summed E-state index contributed by atoms with van der Waals surface area (Å²) in [7, 11) is -3.77. The van der Waals surface area contributed by atoms with Crippen LogP contribution in [0.25, 0.3) is 0 Å². The molecule has 2 aliphatic rings. The molecule has 0 aliphatic carbocycles. The van der Waals surface area contributed by atoms with E-state index in [1.807, 2.05) is 30.0 Å². The Morgan fingerprint density at radius 2 is 1.71 bits per heavy atom. The summed E-state index contributed by atoms with van der Waals surface area (Å²) in [5.41, 5.74) is 1.04. The first-order chi connectivity index (χ1) is 16.5. The Bertz CT molecular complexity index is 1050. The van der Waals surface area contributed by atoms with Crippen LogP contribution in [0.15, 0.2) is 59.5 Å². The minimum Gasteiger partial charge on any atom is -0.379 e. The second kappa shape index (κ2) is 11.3. The molecule has 8 heteroatoms. The van der Waals surface area contributed by atoms with Crippen LogP contribution in [0.5, 0.6) is 0 Å². The van der Waals surface area contributed by atoms with Gasteiger partial charge in [-0.05, 0) is 69.0 Å². The largest absolute Gasteiger partial charge is 0.379 e. The number of piperidine rings is 1. The number of carbonyl (C=O) groups excluding carboxylic acids is 1. The van der Waals surface area contributed by atoms with Crippen LogP contribution in [-0.2, 0) is 14.8 Å². The van der Waals surface area contributed by atoms with E-state index in [2.05, 4.69) is 4.90 Å². The SMILES string of the molecule is CCN(c1ccccc1)S(=O)(=O)c1cccc(C(=O)N2CCC(CCN3CCOCC3)CC2)c1. The molecular formula is C26H35N3O4S. The smallest absolute Gasteiger partial charge is 0.264 e. The zero-order valence-corrected chi connectivity index (χ0v) is 20.8. The van der Waals surface area contributed by atoms with Crippen molar-refractivity contribution < 1.29 is 17.9 Å². The summed E-state index contributed by atoms with van der Waals surface area (Å²) in [5, 5.41) is 0. The third-order valence-corrected chi connectivity index (χ3v) is 8.76. The molecule has 0 saturated carbocycles. The lowest BCUT2D eigenvalue weighted by molar-refractivity contribution is 0.0332. The van der Waals surface area contributed by atoms with Crippen LogP contribution in [0.1, 0.15) is 36.5 Å². The van der Waals surface area contributed by atoms with Gasteiger partial charge in [0, 0.05) is 38.3 Å². The molecule has 0 N–H and O–H groups in total. The number of morpholine rings is 1. The molecule has 0 bridgehead atoms. The standard InChI is InChI=1S/C26H35N3O4S/c1-2-29(24-8-4-3-5-9-24)34(31,32)25-10-6-7-23(21-25)26(30)28-15-12-22(13-16-28)11-14-27-17-19-33-20-18-27/h3-10,21-22H,2,11-20H2,1H3. The highest BCUT2D eigenvalue weighted by molar-refractivity contribution is 7.92. The number of sulfonamides is 1. The minimum atomic E-state index is -3.77. The van der Waals surface area contributed by atoms with Crippen LogP contribution in [0.4, 0.5) is 5.69 Å². The summed E-state index contributed by atoms with van der Waals surface area (Å²) in [6.45, 7) is 8.31. The van der Waals surface area contributed by atoms with Gasteiger partial charge in [-0.3, -0.25) is 14.0 Å². The summed E-state index contributed by atoms with van der Waals surface area (Å²) in [4.78, 5) is 17.7. The van der Waals surface area contributed by atoms with E-state index in [4.69, 9.17) is 4.74 Å². The molecule has 0 aromatic heterocycles. The maximum Gasteiger partial charge on any atom is 0.264 e. The van der Waals surface area contributed by atoms with Crippen LogP contribution in [-0.4, -0.2) is 76.6 Å². The Morgan fingerprint density at radius 1 is 1.00 bits per heavy atom. The predicted molar refractivity (Wildman–Crippen MR) is 134 cm³/mol. The number of nitrogens with zero attached hydrogens (tertiary/aromatic N) is 3. The van der Waals surface area contributed by atoms with E-state index in [0.717, 1.165) is 52.1 Å². The molecule has 34 heavy (non-hydrogen) atoms. The molecule has 4 rings (SSSR count). The van der Waals surface area contributed by atoms with Gasteiger partial charge in [-0.1, -0.05) is 24.3 Å². The molecule has 2 aromatic carbocycles. The Kier molecular flexibility index (Phi) is 8.24. The number of rotatable bonds is 8. The lowest BCUT2D eigenvalue weighted by atomic mass is 9.93. The Morgan fingerprint density at radius 3 is 2.38 bits per heavy atom. The van der Waals surface area contributed by atoms with Crippen molar-refractivity contribution in [2.24, 2.45) is 5.92 Å². The van der Waals surface area contributed by atoms with Crippen LogP contribution < -0.4 is 4.31 Å². The summed E-state index contributed by atoms with van der Waals surface area (Å²) in [5.74, 6) is 0.536. The van der Waals surface area contributed by atoms with Gasteiger partial charge in [-0.25, -0.2) is 8.42 Å². The number of hydrogen-bond acceptors (Lipinski definition) is 5. The molecule has 0 radical (unpaired) electrons. The summed E-state index contributed by atoms with van der Waals surface area (Å²) in [6.07, 6.45) is 3.14. The monoisotopic (exact) mass is 485 g/mol. The molecule has 0 unspecified atom stereocenters. The van der Waals surface area contributed by atoms with E-state index < -0.39 is 10.0 Å². The molecule has 2 fully saturated rings. The number of carbonyl (C=O) groups is 1. The first kappa shape index (κ1) is 24.7. The minimum absolute atomic E-state index is 0.0913. The van der Waals surface area contributed by atoms with Crippen molar-refractivity contribution in [1.82, 2.24) is 9.80 Å². The molecule has 7 nitrogen and oxygen atoms in total. The molecule has 184 valence electrons. The highest BCUT2D eigenvalue weighted by Gasteiger charge is 2.27. The number of ether oxygens (including phenoxy) is 1. The van der Waals surface area contributed by atoms with Gasteiger partial charge in [-0.2, -0.15) is 0 Å². The van der Waals surface area contributed by atoms with E-state index in [9.17, 15) is 13.2 Å². The number of amides is 1. The second-order valence-corrected chi connectivity index (χ2v) is 10.9. The van der Waals surface area contributed by atoms with Gasteiger partial charge in [-0.15, -0.1) is 0 Å². The molecule has 2 heterocycles. The summed E-state index contributed by atoms with van der Waals surface area (Å²) < 4.78 is 33.5. The lowest BCUT2D eigenvalue weighted by Crippen LogP contribution is -2.41. The number of benzene rings is 2. The van der Waals surface area contributed by atoms with E-state index in [0.29, 0.717) is 36.8 Å². The van der Waals surface area contributed by atoms with Crippen molar-refractivity contribution in [2.45, 2.75) is 31.1 Å². The fourth-order valence-corrected chi connectivity index (χ4v) is 6.32. The molecular weight excluding hydrogens is 450 g/mol. The van der Waals surface area contributed by atoms with Crippen molar-refractivity contribution in [1.29, 1.82) is 0 Å². The zero-order valence-electron chi connectivity index (χ0n) is 19.9. The average molecular weight is 486 g/mol. The lowest BCUT2D eigenvalue weighted by Gasteiger charge is -2.34. The fourth-order valence-electron chi connectivity index (χ4n) is 4.80. The van der Waals surface area contributed by atoms with Crippen LogP contribution in [0, 0.1) is 5.92 Å². The number of hydrogen-bond donors (Lipinski definition) is 0. The maximum absolute atomic E-state index is 13.3. The normalized spacial score (nSPS) is 18.1. The Balaban J connectivity index is 1.38. The van der Waals surface area contributed by atoms with Crippen molar-refractivity contribution in [3.63, 3.8) is 0 Å². The topological polar surface area (TPSA) is 70.2 Å². The third kappa shape index (κ3) is 5.79. The Labute approximate surface area is 203 Å². The van der Waals surface area contributed by atoms with E-state index >= 15 is 0 Å². The third-order valence-electron chi connectivity index (χ3n) is 6.86. The van der Waals surface area contributed by atoms with Crippen molar-refractivity contribution in [3.8, 4) is 0 Å². The van der Waals surface area contributed by atoms with Crippen LogP contribution in [0.2, 0.25) is 0 Å². The highest BCUT2D eigenvalue weighted by atomic mass is 32.2. The molecule has 1 amide bonds.